The third-order valence-electron chi connectivity index (χ3n) is 3.19. The van der Waals surface area contributed by atoms with E-state index in [0.29, 0.717) is 5.75 Å². The van der Waals surface area contributed by atoms with Crippen LogP contribution in [-0.4, -0.2) is 21.1 Å². The molecule has 0 heterocycles. The van der Waals surface area contributed by atoms with E-state index in [1.54, 1.807) is 19.1 Å². The van der Waals surface area contributed by atoms with Crippen LogP contribution >= 0.6 is 0 Å². The van der Waals surface area contributed by atoms with E-state index in [9.17, 15) is 12.8 Å². The zero-order valence-corrected chi connectivity index (χ0v) is 13.9. The van der Waals surface area contributed by atoms with Crippen LogP contribution < -0.4 is 9.46 Å². The lowest BCUT2D eigenvalue weighted by Gasteiger charge is -2.15. The quantitative estimate of drug-likeness (QED) is 0.834. The van der Waals surface area contributed by atoms with Gasteiger partial charge in [0, 0.05) is 0 Å². The van der Waals surface area contributed by atoms with Crippen molar-refractivity contribution in [3.05, 3.63) is 59.9 Å². The number of benzene rings is 2. The summed E-state index contributed by atoms with van der Waals surface area (Å²) in [6, 6.07) is 13.2. The highest BCUT2D eigenvalue weighted by atomic mass is 32.2. The normalized spacial score (nSPS) is 12.4. The standard InChI is InChI=1S/C17H17FN2O3S/c1-13(12-23-16-6-4-15(18)5-7-16)20-24(21,22)17-8-2-14(3-9-17)10-11-19/h2-9,13,20H,10,12H2,1H3/t13-/m1/s1. The van der Waals surface area contributed by atoms with Crippen molar-refractivity contribution in [3.63, 3.8) is 0 Å². The fourth-order valence-corrected chi connectivity index (χ4v) is 3.22. The lowest BCUT2D eigenvalue weighted by molar-refractivity contribution is 0.287. The molecule has 0 aromatic heterocycles. The van der Waals surface area contributed by atoms with Crippen molar-refractivity contribution in [2.24, 2.45) is 0 Å². The summed E-state index contributed by atoms with van der Waals surface area (Å²) in [4.78, 5) is 0.123. The van der Waals surface area contributed by atoms with Gasteiger partial charge in [0.2, 0.25) is 10.0 Å². The Bertz CT molecular complexity index is 812. The summed E-state index contributed by atoms with van der Waals surface area (Å²) >= 11 is 0. The highest BCUT2D eigenvalue weighted by Gasteiger charge is 2.17. The van der Waals surface area contributed by atoms with Crippen molar-refractivity contribution in [2.75, 3.05) is 6.61 Å². The van der Waals surface area contributed by atoms with Crippen molar-refractivity contribution >= 4 is 10.0 Å². The third kappa shape index (κ3) is 5.05. The molecule has 2 rings (SSSR count). The van der Waals surface area contributed by atoms with E-state index in [-0.39, 0.29) is 23.7 Å². The van der Waals surface area contributed by atoms with Crippen LogP contribution in [0.3, 0.4) is 0 Å². The number of hydrogen-bond acceptors (Lipinski definition) is 4. The maximum atomic E-state index is 12.8. The molecule has 5 nitrogen and oxygen atoms in total. The largest absolute Gasteiger partial charge is 0.492 e. The van der Waals surface area contributed by atoms with Gasteiger partial charge < -0.3 is 4.74 Å². The molecule has 0 aliphatic heterocycles. The second kappa shape index (κ2) is 7.90. The van der Waals surface area contributed by atoms with Crippen molar-refractivity contribution in [1.82, 2.24) is 4.72 Å². The third-order valence-corrected chi connectivity index (χ3v) is 4.79. The van der Waals surface area contributed by atoms with Crippen LogP contribution in [0.5, 0.6) is 5.75 Å². The second-order valence-electron chi connectivity index (χ2n) is 5.27. The molecule has 0 unspecified atom stereocenters. The molecule has 0 amide bonds. The van der Waals surface area contributed by atoms with Crippen LogP contribution in [0.4, 0.5) is 4.39 Å². The van der Waals surface area contributed by atoms with Gasteiger partial charge in [-0.1, -0.05) is 12.1 Å². The highest BCUT2D eigenvalue weighted by Crippen LogP contribution is 2.13. The number of sulfonamides is 1. The Morgan fingerprint density at radius 3 is 2.38 bits per heavy atom. The number of rotatable bonds is 7. The maximum Gasteiger partial charge on any atom is 0.240 e. The minimum absolute atomic E-state index is 0.109. The van der Waals surface area contributed by atoms with E-state index in [1.807, 2.05) is 6.07 Å². The van der Waals surface area contributed by atoms with Crippen LogP contribution in [-0.2, 0) is 16.4 Å². The molecular formula is C17H17FN2O3S. The molecule has 7 heteroatoms. The molecule has 0 bridgehead atoms. The van der Waals surface area contributed by atoms with Gasteiger partial charge in [-0.25, -0.2) is 17.5 Å². The van der Waals surface area contributed by atoms with Crippen molar-refractivity contribution in [1.29, 1.82) is 5.26 Å². The van der Waals surface area contributed by atoms with Gasteiger partial charge in [-0.2, -0.15) is 5.26 Å². The number of nitrogens with one attached hydrogen (secondary N) is 1. The molecule has 2 aromatic rings. The first-order valence-corrected chi connectivity index (χ1v) is 8.75. The molecule has 0 radical (unpaired) electrons. The Kier molecular flexibility index (Phi) is 5.90. The summed E-state index contributed by atoms with van der Waals surface area (Å²) in [5.41, 5.74) is 0.754. The molecule has 0 saturated heterocycles. The zero-order valence-electron chi connectivity index (χ0n) is 13.1. The molecular weight excluding hydrogens is 331 g/mol. The van der Waals surface area contributed by atoms with E-state index < -0.39 is 16.1 Å². The molecule has 0 aliphatic carbocycles. The Labute approximate surface area is 140 Å². The fraction of sp³-hybridized carbons (Fsp3) is 0.235. The fourth-order valence-electron chi connectivity index (χ4n) is 2.00. The zero-order chi connectivity index (χ0) is 17.6. The number of halogens is 1. The topological polar surface area (TPSA) is 79.2 Å². The number of nitriles is 1. The minimum Gasteiger partial charge on any atom is -0.492 e. The van der Waals surface area contributed by atoms with Crippen molar-refractivity contribution < 1.29 is 17.5 Å². The Balaban J connectivity index is 1.95. The summed E-state index contributed by atoms with van der Waals surface area (Å²) in [5.74, 6) is 0.0965. The van der Waals surface area contributed by atoms with E-state index >= 15 is 0 Å². The van der Waals surface area contributed by atoms with Crippen LogP contribution in [0, 0.1) is 17.1 Å². The predicted octanol–water partition coefficient (Wildman–Crippen LogP) is 2.64. The van der Waals surface area contributed by atoms with E-state index in [4.69, 9.17) is 10.00 Å². The van der Waals surface area contributed by atoms with E-state index in [2.05, 4.69) is 4.72 Å². The molecule has 1 atom stereocenters. The van der Waals surface area contributed by atoms with Gasteiger partial charge in [-0.15, -0.1) is 0 Å². The van der Waals surface area contributed by atoms with Gasteiger partial charge >= 0.3 is 0 Å². The lowest BCUT2D eigenvalue weighted by Crippen LogP contribution is -2.36. The van der Waals surface area contributed by atoms with E-state index in [0.717, 1.165) is 5.56 Å². The summed E-state index contributed by atoms with van der Waals surface area (Å²) < 4.78 is 45.3. The lowest BCUT2D eigenvalue weighted by atomic mass is 10.2. The molecule has 2 aromatic carbocycles. The first-order chi connectivity index (χ1) is 11.4. The van der Waals surface area contributed by atoms with Gasteiger partial charge in [-0.05, 0) is 48.9 Å². The average molecular weight is 348 g/mol. The summed E-state index contributed by atoms with van der Waals surface area (Å²) in [6.07, 6.45) is 0.232. The van der Waals surface area contributed by atoms with Crippen LogP contribution in [0.1, 0.15) is 12.5 Å². The monoisotopic (exact) mass is 348 g/mol. The molecule has 1 N–H and O–H groups in total. The van der Waals surface area contributed by atoms with Gasteiger partial charge in [0.25, 0.3) is 0 Å². The first kappa shape index (κ1) is 17.9. The van der Waals surface area contributed by atoms with Crippen LogP contribution in [0.25, 0.3) is 0 Å². The molecule has 126 valence electrons. The predicted molar refractivity (Wildman–Crippen MR) is 87.4 cm³/mol. The van der Waals surface area contributed by atoms with Crippen LogP contribution in [0.15, 0.2) is 53.4 Å². The SMILES string of the molecule is C[C@H](COc1ccc(F)cc1)NS(=O)(=O)c1ccc(CC#N)cc1. The highest BCUT2D eigenvalue weighted by molar-refractivity contribution is 7.89. The molecule has 0 saturated carbocycles. The van der Waals surface area contributed by atoms with Crippen molar-refractivity contribution in [2.45, 2.75) is 24.3 Å². The van der Waals surface area contributed by atoms with E-state index in [1.165, 1.54) is 36.4 Å². The average Bonchev–Trinajstić information content (AvgIpc) is 2.55. The Morgan fingerprint density at radius 1 is 1.17 bits per heavy atom. The summed E-state index contributed by atoms with van der Waals surface area (Å²) in [6.45, 7) is 1.78. The number of ether oxygens (including phenoxy) is 1. The van der Waals surface area contributed by atoms with Gasteiger partial charge in [0.05, 0.1) is 23.4 Å². The maximum absolute atomic E-state index is 12.8. The molecule has 0 spiro atoms. The number of nitrogens with zero attached hydrogens (tertiary/aromatic N) is 1. The Hall–Kier alpha value is -2.43. The molecule has 0 aliphatic rings. The minimum atomic E-state index is -3.68. The van der Waals surface area contributed by atoms with Crippen molar-refractivity contribution in [3.8, 4) is 11.8 Å². The van der Waals surface area contributed by atoms with Gasteiger partial charge in [0.15, 0.2) is 0 Å². The van der Waals surface area contributed by atoms with Gasteiger partial charge in [0.1, 0.15) is 18.2 Å². The smallest absolute Gasteiger partial charge is 0.240 e. The number of hydrogen-bond donors (Lipinski definition) is 1. The van der Waals surface area contributed by atoms with Gasteiger partial charge in [-0.3, -0.25) is 0 Å². The van der Waals surface area contributed by atoms with Crippen LogP contribution in [0.2, 0.25) is 0 Å². The summed E-state index contributed by atoms with van der Waals surface area (Å²) in [7, 11) is -3.68. The first-order valence-electron chi connectivity index (χ1n) is 7.27. The molecule has 0 fully saturated rings. The second-order valence-corrected chi connectivity index (χ2v) is 6.98. The summed E-state index contributed by atoms with van der Waals surface area (Å²) in [5, 5.41) is 8.62. The molecule has 24 heavy (non-hydrogen) atoms. The Morgan fingerprint density at radius 2 is 1.79 bits per heavy atom.